The number of nitrogens with zero attached hydrogens (tertiary/aromatic N) is 3. The largest absolute Gasteiger partial charge is 0.339 e. The van der Waals surface area contributed by atoms with Crippen LogP contribution >= 0.6 is 0 Å². The van der Waals surface area contributed by atoms with Crippen LogP contribution in [0.1, 0.15) is 24.0 Å². The molecule has 8 nitrogen and oxygen atoms in total. The average molecular weight is 455 g/mol. The molecule has 9 heteroatoms. The van der Waals surface area contributed by atoms with Gasteiger partial charge in [-0.05, 0) is 30.5 Å². The molecule has 2 aromatic rings. The Kier molecular flexibility index (Phi) is 6.55. The predicted octanol–water partition coefficient (Wildman–Crippen LogP) is 1.42. The number of rotatable bonds is 6. The Morgan fingerprint density at radius 3 is 2.22 bits per heavy atom. The molecule has 0 bridgehead atoms. The summed E-state index contributed by atoms with van der Waals surface area (Å²) in [4.78, 5) is 32.9. The molecule has 1 fully saturated rings. The number of aliphatic imine (C=N–C) groups is 1. The second kappa shape index (κ2) is 9.52. The van der Waals surface area contributed by atoms with Crippen LogP contribution in [0.5, 0.6) is 0 Å². The summed E-state index contributed by atoms with van der Waals surface area (Å²) >= 11 is 0. The van der Waals surface area contributed by atoms with Crippen molar-refractivity contribution in [1.82, 2.24) is 14.5 Å². The van der Waals surface area contributed by atoms with E-state index in [-0.39, 0.29) is 29.1 Å². The minimum absolute atomic E-state index is 0.116. The molecule has 0 spiro atoms. The van der Waals surface area contributed by atoms with Crippen molar-refractivity contribution in [1.29, 1.82) is 0 Å². The van der Waals surface area contributed by atoms with Gasteiger partial charge < -0.3 is 9.80 Å². The van der Waals surface area contributed by atoms with Gasteiger partial charge in [0.1, 0.15) is 12.4 Å². The van der Waals surface area contributed by atoms with Crippen molar-refractivity contribution in [2.24, 2.45) is 4.99 Å². The van der Waals surface area contributed by atoms with E-state index in [1.807, 2.05) is 23.1 Å². The Morgan fingerprint density at radius 1 is 0.875 bits per heavy atom. The Morgan fingerprint density at radius 2 is 1.50 bits per heavy atom. The molecule has 32 heavy (non-hydrogen) atoms. The summed E-state index contributed by atoms with van der Waals surface area (Å²) in [6.07, 6.45) is 2.17. The van der Waals surface area contributed by atoms with Crippen molar-refractivity contribution < 1.29 is 18.0 Å². The van der Waals surface area contributed by atoms with Crippen LogP contribution in [0.3, 0.4) is 0 Å². The first kappa shape index (κ1) is 22.0. The fraction of sp³-hybridized carbons (Fsp3) is 0.348. The molecule has 0 unspecified atom stereocenters. The van der Waals surface area contributed by atoms with Gasteiger partial charge in [0.15, 0.2) is 0 Å². The summed E-state index contributed by atoms with van der Waals surface area (Å²) < 4.78 is 26.7. The third kappa shape index (κ3) is 4.99. The summed E-state index contributed by atoms with van der Waals surface area (Å²) in [5.41, 5.74) is 1.70. The van der Waals surface area contributed by atoms with E-state index in [1.54, 1.807) is 23.1 Å². The van der Waals surface area contributed by atoms with Crippen molar-refractivity contribution in [2.75, 3.05) is 32.7 Å². The number of hydrogen-bond donors (Lipinski definition) is 1. The maximum atomic E-state index is 12.6. The molecule has 2 heterocycles. The van der Waals surface area contributed by atoms with Gasteiger partial charge in [0.05, 0.1) is 4.90 Å². The summed E-state index contributed by atoms with van der Waals surface area (Å²) in [5, 5.41) is 0. The zero-order chi connectivity index (χ0) is 22.6. The minimum Gasteiger partial charge on any atom is -0.339 e. The summed E-state index contributed by atoms with van der Waals surface area (Å²) in [6.45, 7) is 1.77. The van der Waals surface area contributed by atoms with Crippen LogP contribution in [0.4, 0.5) is 0 Å². The number of nitrogens with one attached hydrogen (secondary N) is 1. The second-order valence-electron chi connectivity index (χ2n) is 7.87. The number of aryl methyl sites for hydroxylation is 1. The first-order chi connectivity index (χ1) is 15.4. The Bertz CT molecular complexity index is 1120. The molecule has 2 aromatic carbocycles. The maximum absolute atomic E-state index is 12.6. The SMILES string of the molecule is O=C(CCCc1ccccc1)N1CCN(C(=O)CN=C2NS(=O)(=O)c3ccccc32)CC1. The van der Waals surface area contributed by atoms with Gasteiger partial charge in [0.2, 0.25) is 11.8 Å². The lowest BCUT2D eigenvalue weighted by molar-refractivity contribution is -0.138. The summed E-state index contributed by atoms with van der Waals surface area (Å²) in [6, 6.07) is 16.7. The van der Waals surface area contributed by atoms with E-state index in [4.69, 9.17) is 0 Å². The second-order valence-corrected chi connectivity index (χ2v) is 9.52. The Hall–Kier alpha value is -3.20. The van der Waals surface area contributed by atoms with Gasteiger partial charge >= 0.3 is 0 Å². The monoisotopic (exact) mass is 454 g/mol. The minimum atomic E-state index is -3.62. The molecule has 0 atom stereocenters. The van der Waals surface area contributed by atoms with Crippen molar-refractivity contribution in [3.05, 3.63) is 65.7 Å². The van der Waals surface area contributed by atoms with Gasteiger partial charge in [-0.25, -0.2) is 8.42 Å². The molecule has 4 rings (SSSR count). The van der Waals surface area contributed by atoms with E-state index in [9.17, 15) is 18.0 Å². The molecule has 0 saturated carbocycles. The molecule has 2 amide bonds. The normalized spacial score (nSPS) is 18.3. The highest BCUT2D eigenvalue weighted by Crippen LogP contribution is 2.22. The molecular formula is C23H26N4O4S. The van der Waals surface area contributed by atoms with Crippen molar-refractivity contribution in [3.8, 4) is 0 Å². The number of carbonyl (C=O) groups is 2. The van der Waals surface area contributed by atoms with Gasteiger partial charge in [0, 0.05) is 38.2 Å². The van der Waals surface area contributed by atoms with Crippen molar-refractivity contribution >= 4 is 27.7 Å². The number of carbonyl (C=O) groups excluding carboxylic acids is 2. The van der Waals surface area contributed by atoms with Crippen LogP contribution in [-0.2, 0) is 26.0 Å². The molecule has 168 valence electrons. The Balaban J connectivity index is 1.24. The van der Waals surface area contributed by atoms with Crippen molar-refractivity contribution in [2.45, 2.75) is 24.2 Å². The van der Waals surface area contributed by atoms with Crippen molar-refractivity contribution in [3.63, 3.8) is 0 Å². The number of fused-ring (bicyclic) bond motifs is 1. The lowest BCUT2D eigenvalue weighted by Crippen LogP contribution is -2.51. The molecule has 2 aliphatic heterocycles. The van der Waals surface area contributed by atoms with Crippen LogP contribution in [0.25, 0.3) is 0 Å². The standard InChI is InChI=1S/C23H26N4O4S/c28-21(12-6-9-18-7-2-1-3-8-18)26-13-15-27(16-14-26)22(29)17-24-23-19-10-4-5-11-20(19)32(30,31)25-23/h1-5,7-8,10-11H,6,9,12-17H2,(H,24,25). The van der Waals surface area contributed by atoms with Crippen LogP contribution in [-0.4, -0.2) is 68.6 Å². The van der Waals surface area contributed by atoms with E-state index < -0.39 is 10.0 Å². The van der Waals surface area contributed by atoms with Crippen LogP contribution in [0, 0.1) is 0 Å². The predicted molar refractivity (Wildman–Crippen MR) is 121 cm³/mol. The summed E-state index contributed by atoms with van der Waals surface area (Å²) in [7, 11) is -3.62. The van der Waals surface area contributed by atoms with E-state index in [2.05, 4.69) is 21.8 Å². The lowest BCUT2D eigenvalue weighted by atomic mass is 10.1. The van der Waals surface area contributed by atoms with Gasteiger partial charge in [-0.3, -0.25) is 19.3 Å². The lowest BCUT2D eigenvalue weighted by Gasteiger charge is -2.34. The Labute approximate surface area is 188 Å². The first-order valence-electron chi connectivity index (χ1n) is 10.7. The van der Waals surface area contributed by atoms with Gasteiger partial charge in [-0.1, -0.05) is 42.5 Å². The number of hydrogen-bond acceptors (Lipinski definition) is 5. The highest BCUT2D eigenvalue weighted by Gasteiger charge is 2.30. The van der Waals surface area contributed by atoms with Crippen LogP contribution < -0.4 is 4.72 Å². The highest BCUT2D eigenvalue weighted by atomic mass is 32.2. The fourth-order valence-electron chi connectivity index (χ4n) is 3.95. The quantitative estimate of drug-likeness (QED) is 0.714. The molecule has 1 saturated heterocycles. The number of amides is 2. The first-order valence-corrected chi connectivity index (χ1v) is 12.2. The fourth-order valence-corrected chi connectivity index (χ4v) is 5.20. The topological polar surface area (TPSA) is 99.2 Å². The zero-order valence-electron chi connectivity index (χ0n) is 17.7. The number of piperazine rings is 1. The molecule has 0 aliphatic carbocycles. The number of benzene rings is 2. The van der Waals surface area contributed by atoms with E-state index in [1.165, 1.54) is 11.6 Å². The zero-order valence-corrected chi connectivity index (χ0v) is 18.6. The smallest absolute Gasteiger partial charge is 0.263 e. The highest BCUT2D eigenvalue weighted by molar-refractivity contribution is 7.90. The molecule has 0 radical (unpaired) electrons. The number of sulfonamides is 1. The average Bonchev–Trinajstić information content (AvgIpc) is 3.08. The van der Waals surface area contributed by atoms with Crippen LogP contribution in [0.2, 0.25) is 0 Å². The molecule has 2 aliphatic rings. The summed E-state index contributed by atoms with van der Waals surface area (Å²) in [5.74, 6) is 0.128. The van der Waals surface area contributed by atoms with E-state index in [0.29, 0.717) is 38.2 Å². The van der Waals surface area contributed by atoms with E-state index >= 15 is 0 Å². The van der Waals surface area contributed by atoms with Crippen LogP contribution in [0.15, 0.2) is 64.5 Å². The van der Waals surface area contributed by atoms with Gasteiger partial charge in [-0.15, -0.1) is 0 Å². The number of amidine groups is 1. The molecular weight excluding hydrogens is 428 g/mol. The van der Waals surface area contributed by atoms with Gasteiger partial charge in [0.25, 0.3) is 10.0 Å². The molecule has 1 N–H and O–H groups in total. The maximum Gasteiger partial charge on any atom is 0.263 e. The van der Waals surface area contributed by atoms with Gasteiger partial charge in [-0.2, -0.15) is 0 Å². The third-order valence-electron chi connectivity index (χ3n) is 5.72. The molecule has 0 aromatic heterocycles. The third-order valence-corrected chi connectivity index (χ3v) is 7.12. The van der Waals surface area contributed by atoms with E-state index in [0.717, 1.165) is 12.8 Å².